The van der Waals surface area contributed by atoms with Crippen LogP contribution < -0.4 is 10.1 Å². The maximum Gasteiger partial charge on any atom is 0.242 e. The first kappa shape index (κ1) is 17.5. The zero-order valence-corrected chi connectivity index (χ0v) is 14.2. The van der Waals surface area contributed by atoms with Gasteiger partial charge in [-0.1, -0.05) is 30.4 Å². The van der Waals surface area contributed by atoms with Gasteiger partial charge in [0.05, 0.1) is 13.4 Å². The van der Waals surface area contributed by atoms with Crippen LogP contribution in [0.5, 0.6) is 5.75 Å². The third-order valence-corrected chi connectivity index (χ3v) is 4.95. The van der Waals surface area contributed by atoms with Gasteiger partial charge in [0.1, 0.15) is 11.8 Å². The molecule has 1 aromatic rings. The Bertz CT molecular complexity index is 685. The lowest BCUT2D eigenvalue weighted by Crippen LogP contribution is -2.46. The standard InChI is InChI=1S/C16H22N2O4S/c1-22-15-10-4-3-7-13(15)8-5-11-17-16(19)14-9-6-12-18(14)23(2,20)21/h3-4,6-7,9-10,14H,5,8,11-12H2,1-2H3,(H,17,19)/t14-/m0/s1. The van der Waals surface area contributed by atoms with Crippen molar-refractivity contribution in [2.45, 2.75) is 18.9 Å². The van der Waals surface area contributed by atoms with Gasteiger partial charge in [-0.25, -0.2) is 8.42 Å². The molecule has 1 heterocycles. The number of ether oxygens (including phenoxy) is 1. The van der Waals surface area contributed by atoms with Gasteiger partial charge in [-0.15, -0.1) is 0 Å². The number of para-hydroxylation sites is 1. The van der Waals surface area contributed by atoms with Crippen LogP contribution in [0.3, 0.4) is 0 Å². The molecule has 0 unspecified atom stereocenters. The highest BCUT2D eigenvalue weighted by Crippen LogP contribution is 2.18. The van der Waals surface area contributed by atoms with E-state index in [1.165, 1.54) is 4.31 Å². The van der Waals surface area contributed by atoms with Gasteiger partial charge in [-0.2, -0.15) is 4.31 Å². The molecular formula is C16H22N2O4S. The SMILES string of the molecule is COc1ccccc1CCCNC(=O)[C@@H]1C=CCN1S(C)(=O)=O. The molecule has 0 saturated heterocycles. The fourth-order valence-electron chi connectivity index (χ4n) is 2.57. The van der Waals surface area contributed by atoms with Crippen molar-refractivity contribution in [3.63, 3.8) is 0 Å². The third-order valence-electron chi connectivity index (χ3n) is 3.72. The summed E-state index contributed by atoms with van der Waals surface area (Å²) in [6, 6.07) is 7.02. The summed E-state index contributed by atoms with van der Waals surface area (Å²) in [5.74, 6) is 0.546. The van der Waals surface area contributed by atoms with Crippen molar-refractivity contribution in [3.05, 3.63) is 42.0 Å². The number of nitrogens with zero attached hydrogens (tertiary/aromatic N) is 1. The van der Waals surface area contributed by atoms with Gasteiger partial charge < -0.3 is 10.1 Å². The zero-order valence-electron chi connectivity index (χ0n) is 13.4. The molecule has 6 nitrogen and oxygen atoms in total. The second kappa shape index (κ2) is 7.61. The molecule has 1 aliphatic heterocycles. The Kier molecular flexibility index (Phi) is 5.79. The summed E-state index contributed by atoms with van der Waals surface area (Å²) in [5, 5.41) is 2.80. The van der Waals surface area contributed by atoms with Crippen LogP contribution in [0.2, 0.25) is 0 Å². The lowest BCUT2D eigenvalue weighted by molar-refractivity contribution is -0.123. The Morgan fingerprint density at radius 3 is 2.83 bits per heavy atom. The van der Waals surface area contributed by atoms with Crippen LogP contribution in [-0.2, 0) is 21.2 Å². The molecule has 1 amide bonds. The zero-order chi connectivity index (χ0) is 16.9. The molecule has 1 aliphatic rings. The first-order valence-electron chi connectivity index (χ1n) is 7.46. The molecule has 23 heavy (non-hydrogen) atoms. The van der Waals surface area contributed by atoms with E-state index in [1.54, 1.807) is 19.3 Å². The van der Waals surface area contributed by atoms with Gasteiger partial charge in [0, 0.05) is 13.1 Å². The molecule has 0 bridgehead atoms. The first-order valence-corrected chi connectivity index (χ1v) is 9.31. The van der Waals surface area contributed by atoms with E-state index in [0.29, 0.717) is 6.54 Å². The second-order valence-corrected chi connectivity index (χ2v) is 7.35. The molecule has 1 aromatic carbocycles. The van der Waals surface area contributed by atoms with Crippen molar-refractivity contribution >= 4 is 15.9 Å². The summed E-state index contributed by atoms with van der Waals surface area (Å²) >= 11 is 0. The topological polar surface area (TPSA) is 75.7 Å². The quantitative estimate of drug-likeness (QED) is 0.593. The van der Waals surface area contributed by atoms with Crippen LogP contribution in [0.15, 0.2) is 36.4 Å². The van der Waals surface area contributed by atoms with Crippen LogP contribution >= 0.6 is 0 Å². The molecule has 0 fully saturated rings. The number of sulfonamides is 1. The minimum atomic E-state index is -3.39. The number of nitrogens with one attached hydrogen (secondary N) is 1. The van der Waals surface area contributed by atoms with Crippen LogP contribution in [0.4, 0.5) is 0 Å². The number of carbonyl (C=O) groups is 1. The highest BCUT2D eigenvalue weighted by atomic mass is 32.2. The average molecular weight is 338 g/mol. The number of carbonyl (C=O) groups excluding carboxylic acids is 1. The number of rotatable bonds is 7. The van der Waals surface area contributed by atoms with Gasteiger partial charge in [0.25, 0.3) is 0 Å². The molecular weight excluding hydrogens is 316 g/mol. The van der Waals surface area contributed by atoms with Crippen LogP contribution in [0, 0.1) is 0 Å². The highest BCUT2D eigenvalue weighted by Gasteiger charge is 2.32. The lowest BCUT2D eigenvalue weighted by atomic mass is 10.1. The number of benzene rings is 1. The Morgan fingerprint density at radius 1 is 1.39 bits per heavy atom. The Balaban J connectivity index is 1.82. The summed E-state index contributed by atoms with van der Waals surface area (Å²) in [6.07, 6.45) is 5.96. The Morgan fingerprint density at radius 2 is 2.13 bits per heavy atom. The summed E-state index contributed by atoms with van der Waals surface area (Å²) in [4.78, 5) is 12.1. The smallest absolute Gasteiger partial charge is 0.242 e. The Labute approximate surface area is 137 Å². The minimum absolute atomic E-state index is 0.248. The molecule has 0 spiro atoms. The summed E-state index contributed by atoms with van der Waals surface area (Å²) in [5.41, 5.74) is 1.09. The summed E-state index contributed by atoms with van der Waals surface area (Å²) in [6.45, 7) is 0.733. The predicted octanol–water partition coefficient (Wildman–Crippen LogP) is 0.944. The molecule has 2 rings (SSSR count). The van der Waals surface area contributed by atoms with E-state index in [2.05, 4.69) is 5.32 Å². The fraction of sp³-hybridized carbons (Fsp3) is 0.438. The average Bonchev–Trinajstić information content (AvgIpc) is 3.01. The third kappa shape index (κ3) is 4.56. The maximum atomic E-state index is 12.1. The Hall–Kier alpha value is -1.86. The van der Waals surface area contributed by atoms with Crippen molar-refractivity contribution in [1.29, 1.82) is 0 Å². The van der Waals surface area contributed by atoms with E-state index in [0.717, 1.165) is 30.4 Å². The van der Waals surface area contributed by atoms with Crippen LogP contribution in [0.25, 0.3) is 0 Å². The normalized spacial score (nSPS) is 18.1. The van der Waals surface area contributed by atoms with Crippen molar-refractivity contribution in [2.75, 3.05) is 26.5 Å². The van der Waals surface area contributed by atoms with E-state index >= 15 is 0 Å². The van der Waals surface area contributed by atoms with Crippen molar-refractivity contribution in [2.24, 2.45) is 0 Å². The first-order chi connectivity index (χ1) is 10.9. The molecule has 1 atom stereocenters. The second-order valence-electron chi connectivity index (χ2n) is 5.41. The summed E-state index contributed by atoms with van der Waals surface area (Å²) in [7, 11) is -1.75. The van der Waals surface area contributed by atoms with Crippen LogP contribution in [0.1, 0.15) is 12.0 Å². The monoisotopic (exact) mass is 338 g/mol. The number of amides is 1. The minimum Gasteiger partial charge on any atom is -0.496 e. The number of aryl methyl sites for hydroxylation is 1. The van der Waals surface area contributed by atoms with E-state index < -0.39 is 16.1 Å². The van der Waals surface area contributed by atoms with Crippen molar-refractivity contribution in [1.82, 2.24) is 9.62 Å². The van der Waals surface area contributed by atoms with Crippen molar-refractivity contribution < 1.29 is 17.9 Å². The summed E-state index contributed by atoms with van der Waals surface area (Å²) < 4.78 is 29.7. The predicted molar refractivity (Wildman–Crippen MR) is 88.8 cm³/mol. The lowest BCUT2D eigenvalue weighted by Gasteiger charge is -2.21. The van der Waals surface area contributed by atoms with Gasteiger partial charge in [0.2, 0.25) is 15.9 Å². The van der Waals surface area contributed by atoms with Gasteiger partial charge >= 0.3 is 0 Å². The van der Waals surface area contributed by atoms with Gasteiger partial charge in [0.15, 0.2) is 0 Å². The molecule has 1 N–H and O–H groups in total. The highest BCUT2D eigenvalue weighted by molar-refractivity contribution is 7.88. The molecule has 126 valence electrons. The molecule has 0 aromatic heterocycles. The molecule has 7 heteroatoms. The number of hydrogen-bond donors (Lipinski definition) is 1. The largest absolute Gasteiger partial charge is 0.496 e. The molecule has 0 radical (unpaired) electrons. The van der Waals surface area contributed by atoms with Gasteiger partial charge in [-0.05, 0) is 24.5 Å². The van der Waals surface area contributed by atoms with Crippen LogP contribution in [-0.4, -0.2) is 51.1 Å². The van der Waals surface area contributed by atoms with E-state index in [-0.39, 0.29) is 12.5 Å². The maximum absolute atomic E-state index is 12.1. The van der Waals surface area contributed by atoms with E-state index in [9.17, 15) is 13.2 Å². The fourth-order valence-corrected chi connectivity index (χ4v) is 3.50. The van der Waals surface area contributed by atoms with E-state index in [4.69, 9.17) is 4.74 Å². The van der Waals surface area contributed by atoms with Gasteiger partial charge in [-0.3, -0.25) is 4.79 Å². The molecule has 0 aliphatic carbocycles. The van der Waals surface area contributed by atoms with Crippen molar-refractivity contribution in [3.8, 4) is 5.75 Å². The van der Waals surface area contributed by atoms with E-state index in [1.807, 2.05) is 24.3 Å². The molecule has 0 saturated carbocycles. The number of methoxy groups -OCH3 is 1. The number of hydrogen-bond acceptors (Lipinski definition) is 4.